The van der Waals surface area contributed by atoms with Gasteiger partial charge in [-0.05, 0) is 58.7 Å². The molecule has 5 heteroatoms. The standard InChI is InChI=1S/C26H30O5.CH4/c1-26(2,3)22-12-10-18(24(29)25(22)30)6-4-5-13-31-21-11-9-19-14-17(15-23(27)28)7-8-20(19)16-21;/h7-12,14,16,29-30H,4-6,13,15H2,1-3H3,(H,27,28);1H4. The van der Waals surface area contributed by atoms with Gasteiger partial charge in [0.25, 0.3) is 0 Å². The highest BCUT2D eigenvalue weighted by Crippen LogP contribution is 2.39. The van der Waals surface area contributed by atoms with Gasteiger partial charge in [-0.1, -0.05) is 64.6 Å². The van der Waals surface area contributed by atoms with Gasteiger partial charge in [0.2, 0.25) is 0 Å². The number of phenolic OH excluding ortho intramolecular Hbond substituents is 2. The average Bonchev–Trinajstić information content (AvgIpc) is 2.69. The Morgan fingerprint density at radius 1 is 0.906 bits per heavy atom. The quantitative estimate of drug-likeness (QED) is 0.287. The number of aromatic hydroxyl groups is 2. The van der Waals surface area contributed by atoms with Crippen LogP contribution in [0.4, 0.5) is 0 Å². The van der Waals surface area contributed by atoms with Crippen molar-refractivity contribution in [3.63, 3.8) is 0 Å². The van der Waals surface area contributed by atoms with Crippen LogP contribution >= 0.6 is 0 Å². The minimum absolute atomic E-state index is 0. The predicted octanol–water partition coefficient (Wildman–Crippen LogP) is 6.21. The van der Waals surface area contributed by atoms with Crippen LogP contribution in [0.15, 0.2) is 48.5 Å². The van der Waals surface area contributed by atoms with Gasteiger partial charge < -0.3 is 20.1 Å². The molecular weight excluding hydrogens is 404 g/mol. The van der Waals surface area contributed by atoms with E-state index in [9.17, 15) is 15.0 Å². The molecule has 0 bridgehead atoms. The van der Waals surface area contributed by atoms with Crippen LogP contribution in [0, 0.1) is 0 Å². The number of aliphatic carboxylic acids is 1. The number of rotatable bonds is 8. The number of phenols is 2. The van der Waals surface area contributed by atoms with E-state index in [1.165, 1.54) is 0 Å². The largest absolute Gasteiger partial charge is 0.504 e. The van der Waals surface area contributed by atoms with Crippen LogP contribution in [0.2, 0.25) is 0 Å². The summed E-state index contributed by atoms with van der Waals surface area (Å²) >= 11 is 0. The number of carbonyl (C=O) groups is 1. The normalized spacial score (nSPS) is 11.2. The van der Waals surface area contributed by atoms with Gasteiger partial charge in [0.05, 0.1) is 13.0 Å². The molecule has 3 rings (SSSR count). The molecule has 5 nitrogen and oxygen atoms in total. The summed E-state index contributed by atoms with van der Waals surface area (Å²) in [7, 11) is 0. The van der Waals surface area contributed by atoms with Gasteiger partial charge in [-0.3, -0.25) is 4.79 Å². The molecule has 0 aliphatic carbocycles. The van der Waals surface area contributed by atoms with Crippen molar-refractivity contribution in [1.82, 2.24) is 0 Å². The minimum Gasteiger partial charge on any atom is -0.504 e. The molecule has 0 saturated carbocycles. The summed E-state index contributed by atoms with van der Waals surface area (Å²) in [5, 5.41) is 31.6. The molecule has 0 saturated heterocycles. The highest BCUT2D eigenvalue weighted by Gasteiger charge is 2.21. The van der Waals surface area contributed by atoms with E-state index in [1.54, 1.807) is 0 Å². The van der Waals surface area contributed by atoms with Crippen LogP contribution in [0.1, 0.15) is 57.7 Å². The number of benzene rings is 3. The summed E-state index contributed by atoms with van der Waals surface area (Å²) in [5.74, 6) is -0.115. The van der Waals surface area contributed by atoms with Crippen LogP contribution in [-0.4, -0.2) is 27.9 Å². The SMILES string of the molecule is C.CC(C)(C)c1ccc(CCCCOc2ccc3cc(CC(=O)O)ccc3c2)c(O)c1O. The highest BCUT2D eigenvalue weighted by atomic mass is 16.5. The second-order valence-electron chi connectivity index (χ2n) is 8.94. The fraction of sp³-hybridized carbons (Fsp3) is 0.370. The van der Waals surface area contributed by atoms with E-state index < -0.39 is 5.97 Å². The van der Waals surface area contributed by atoms with Crippen molar-refractivity contribution in [2.24, 2.45) is 0 Å². The van der Waals surface area contributed by atoms with E-state index in [1.807, 2.05) is 69.3 Å². The molecule has 0 fully saturated rings. The molecule has 3 aromatic carbocycles. The number of ether oxygens (including phenoxy) is 1. The van der Waals surface area contributed by atoms with Crippen molar-refractivity contribution in [2.75, 3.05) is 6.61 Å². The van der Waals surface area contributed by atoms with Crippen LogP contribution < -0.4 is 4.74 Å². The monoisotopic (exact) mass is 438 g/mol. The van der Waals surface area contributed by atoms with Crippen LogP contribution in [0.25, 0.3) is 10.8 Å². The summed E-state index contributed by atoms with van der Waals surface area (Å²) in [6, 6.07) is 15.2. The summed E-state index contributed by atoms with van der Waals surface area (Å²) in [6.45, 7) is 6.55. The number of carboxylic acids is 1. The van der Waals surface area contributed by atoms with E-state index in [0.29, 0.717) is 13.0 Å². The first kappa shape index (κ1) is 25.1. The molecule has 3 aromatic rings. The smallest absolute Gasteiger partial charge is 0.307 e. The summed E-state index contributed by atoms with van der Waals surface area (Å²) in [5.41, 5.74) is 2.03. The minimum atomic E-state index is -0.840. The Kier molecular flexibility index (Phi) is 8.14. The highest BCUT2D eigenvalue weighted by molar-refractivity contribution is 5.85. The van der Waals surface area contributed by atoms with Crippen molar-refractivity contribution >= 4 is 16.7 Å². The number of fused-ring (bicyclic) bond motifs is 1. The van der Waals surface area contributed by atoms with Gasteiger partial charge in [-0.2, -0.15) is 0 Å². The van der Waals surface area contributed by atoms with Crippen LogP contribution in [0.3, 0.4) is 0 Å². The average molecular weight is 439 g/mol. The van der Waals surface area contributed by atoms with Crippen LogP contribution in [-0.2, 0) is 23.1 Å². The molecule has 32 heavy (non-hydrogen) atoms. The second-order valence-corrected chi connectivity index (χ2v) is 8.94. The number of aryl methyl sites for hydroxylation is 1. The lowest BCUT2D eigenvalue weighted by atomic mass is 9.85. The summed E-state index contributed by atoms with van der Waals surface area (Å²) in [6.07, 6.45) is 2.32. The molecule has 0 aromatic heterocycles. The Bertz CT molecular complexity index is 1080. The Morgan fingerprint density at radius 3 is 2.28 bits per heavy atom. The molecule has 0 aliphatic heterocycles. The van der Waals surface area contributed by atoms with E-state index >= 15 is 0 Å². The third kappa shape index (κ3) is 6.16. The maximum atomic E-state index is 10.9. The lowest BCUT2D eigenvalue weighted by Crippen LogP contribution is -2.11. The second kappa shape index (κ2) is 10.4. The van der Waals surface area contributed by atoms with Gasteiger partial charge in [-0.15, -0.1) is 0 Å². The molecule has 0 atom stereocenters. The van der Waals surface area contributed by atoms with Gasteiger partial charge in [0.15, 0.2) is 11.5 Å². The molecule has 0 spiro atoms. The molecular formula is C27H34O5. The molecule has 0 radical (unpaired) electrons. The molecule has 0 amide bonds. The fourth-order valence-electron chi connectivity index (χ4n) is 3.68. The Hall–Kier alpha value is -3.21. The number of hydrogen-bond acceptors (Lipinski definition) is 4. The van der Waals surface area contributed by atoms with Gasteiger partial charge in [-0.25, -0.2) is 0 Å². The van der Waals surface area contributed by atoms with Crippen molar-refractivity contribution in [1.29, 1.82) is 0 Å². The lowest BCUT2D eigenvalue weighted by molar-refractivity contribution is -0.136. The van der Waals surface area contributed by atoms with E-state index in [4.69, 9.17) is 9.84 Å². The van der Waals surface area contributed by atoms with Gasteiger partial charge in [0, 0.05) is 5.56 Å². The Balaban J connectivity index is 0.00000363. The maximum absolute atomic E-state index is 10.9. The zero-order valence-corrected chi connectivity index (χ0v) is 18.3. The Morgan fingerprint density at radius 2 is 1.59 bits per heavy atom. The molecule has 0 unspecified atom stereocenters. The summed E-state index contributed by atoms with van der Waals surface area (Å²) < 4.78 is 5.86. The lowest BCUT2D eigenvalue weighted by Gasteiger charge is -2.21. The zero-order chi connectivity index (χ0) is 22.6. The topological polar surface area (TPSA) is 87.0 Å². The fourth-order valence-corrected chi connectivity index (χ4v) is 3.68. The van der Waals surface area contributed by atoms with E-state index in [2.05, 4.69) is 0 Å². The van der Waals surface area contributed by atoms with E-state index in [-0.39, 0.29) is 30.8 Å². The molecule has 172 valence electrons. The first-order valence-corrected chi connectivity index (χ1v) is 10.6. The third-order valence-electron chi connectivity index (χ3n) is 5.38. The van der Waals surface area contributed by atoms with Gasteiger partial charge >= 0.3 is 5.97 Å². The number of carboxylic acid groups (broad SMARTS) is 1. The molecule has 0 aliphatic rings. The van der Waals surface area contributed by atoms with Crippen LogP contribution in [0.5, 0.6) is 17.2 Å². The zero-order valence-electron chi connectivity index (χ0n) is 18.3. The number of hydrogen-bond donors (Lipinski definition) is 3. The molecule has 0 heterocycles. The first-order valence-electron chi connectivity index (χ1n) is 10.6. The van der Waals surface area contributed by atoms with Crippen molar-refractivity contribution in [3.05, 3.63) is 65.2 Å². The predicted molar refractivity (Wildman–Crippen MR) is 129 cm³/mol. The van der Waals surface area contributed by atoms with E-state index in [0.717, 1.165) is 46.1 Å². The van der Waals surface area contributed by atoms with Crippen molar-refractivity contribution < 1.29 is 24.9 Å². The maximum Gasteiger partial charge on any atom is 0.307 e. The van der Waals surface area contributed by atoms with Crippen molar-refractivity contribution in [3.8, 4) is 17.2 Å². The summed E-state index contributed by atoms with van der Waals surface area (Å²) in [4.78, 5) is 10.9. The molecule has 3 N–H and O–H groups in total. The number of unbranched alkanes of at least 4 members (excludes halogenated alkanes) is 1. The first-order chi connectivity index (χ1) is 14.6. The third-order valence-corrected chi connectivity index (χ3v) is 5.38. The Labute approximate surface area is 190 Å². The van der Waals surface area contributed by atoms with Gasteiger partial charge in [0.1, 0.15) is 5.75 Å². The van der Waals surface area contributed by atoms with Crippen molar-refractivity contribution in [2.45, 2.75) is 59.3 Å².